The topological polar surface area (TPSA) is 85.4 Å². The number of nitrogens with zero attached hydrogens (tertiary/aromatic N) is 1. The van der Waals surface area contributed by atoms with E-state index in [0.29, 0.717) is 22.8 Å². The Hall–Kier alpha value is -3.19. The van der Waals surface area contributed by atoms with Gasteiger partial charge in [0.15, 0.2) is 0 Å². The van der Waals surface area contributed by atoms with E-state index in [9.17, 15) is 14.9 Å². The Morgan fingerprint density at radius 2 is 1.96 bits per heavy atom. The van der Waals surface area contributed by atoms with Crippen molar-refractivity contribution in [2.24, 2.45) is 0 Å². The molecule has 136 valence electrons. The average Bonchev–Trinajstić information content (AvgIpc) is 3.12. The summed E-state index contributed by atoms with van der Waals surface area (Å²) in [5.74, 6) is 0.483. The van der Waals surface area contributed by atoms with Crippen molar-refractivity contribution >= 4 is 39.3 Å². The lowest BCUT2D eigenvalue weighted by atomic mass is 10.1. The molecule has 0 bridgehead atoms. The van der Waals surface area contributed by atoms with Crippen LogP contribution in [0.25, 0.3) is 17.4 Å². The van der Waals surface area contributed by atoms with Crippen LogP contribution in [0, 0.1) is 17.0 Å². The summed E-state index contributed by atoms with van der Waals surface area (Å²) in [6.07, 6.45) is 2.86. The molecule has 2 aromatic carbocycles. The quantitative estimate of drug-likeness (QED) is 0.327. The fourth-order valence-electron chi connectivity index (χ4n) is 2.49. The SMILES string of the molecule is Cc1cc(NC(=O)/C=C/c2ccc(-c3ccccc3[N+](=O)[O-])o2)ccc1Br. The molecule has 27 heavy (non-hydrogen) atoms. The van der Waals surface area contributed by atoms with Crippen molar-refractivity contribution in [3.05, 3.63) is 86.6 Å². The molecule has 0 saturated heterocycles. The summed E-state index contributed by atoms with van der Waals surface area (Å²) in [5.41, 5.74) is 2.05. The molecule has 0 spiro atoms. The van der Waals surface area contributed by atoms with Crippen molar-refractivity contribution in [3.8, 4) is 11.3 Å². The number of amides is 1. The number of halogens is 1. The lowest BCUT2D eigenvalue weighted by Crippen LogP contribution is -2.07. The van der Waals surface area contributed by atoms with Gasteiger partial charge in [-0.1, -0.05) is 28.1 Å². The van der Waals surface area contributed by atoms with Gasteiger partial charge in [0, 0.05) is 22.3 Å². The molecule has 0 atom stereocenters. The number of furan rings is 1. The Morgan fingerprint density at radius 1 is 1.19 bits per heavy atom. The van der Waals surface area contributed by atoms with Crippen LogP contribution in [0.4, 0.5) is 11.4 Å². The van der Waals surface area contributed by atoms with Gasteiger partial charge in [-0.3, -0.25) is 14.9 Å². The Kier molecular flexibility index (Phi) is 5.52. The van der Waals surface area contributed by atoms with Crippen LogP contribution in [-0.4, -0.2) is 10.8 Å². The zero-order valence-corrected chi connectivity index (χ0v) is 15.9. The predicted molar refractivity (Wildman–Crippen MR) is 107 cm³/mol. The van der Waals surface area contributed by atoms with Crippen LogP contribution in [0.2, 0.25) is 0 Å². The number of rotatable bonds is 5. The van der Waals surface area contributed by atoms with Gasteiger partial charge < -0.3 is 9.73 Å². The monoisotopic (exact) mass is 426 g/mol. The van der Waals surface area contributed by atoms with Crippen LogP contribution in [0.1, 0.15) is 11.3 Å². The van der Waals surface area contributed by atoms with Gasteiger partial charge in [0.05, 0.1) is 10.5 Å². The first-order valence-electron chi connectivity index (χ1n) is 8.03. The van der Waals surface area contributed by atoms with Crippen molar-refractivity contribution in [1.29, 1.82) is 0 Å². The molecule has 1 amide bonds. The fraction of sp³-hybridized carbons (Fsp3) is 0.0500. The summed E-state index contributed by atoms with van der Waals surface area (Å²) in [6, 6.07) is 15.1. The molecule has 0 aliphatic heterocycles. The highest BCUT2D eigenvalue weighted by Crippen LogP contribution is 2.31. The summed E-state index contributed by atoms with van der Waals surface area (Å²) in [5, 5.41) is 13.9. The van der Waals surface area contributed by atoms with Crippen LogP contribution in [-0.2, 0) is 4.79 Å². The number of nitro benzene ring substituents is 1. The predicted octanol–water partition coefficient (Wildman–Crippen LogP) is 5.58. The minimum atomic E-state index is -0.457. The molecule has 0 aliphatic carbocycles. The normalized spacial score (nSPS) is 10.9. The Labute approximate surface area is 163 Å². The Morgan fingerprint density at radius 3 is 2.70 bits per heavy atom. The molecule has 0 unspecified atom stereocenters. The molecule has 3 aromatic rings. The van der Waals surface area contributed by atoms with Gasteiger partial charge in [-0.05, 0) is 55.0 Å². The molecule has 6 nitrogen and oxygen atoms in total. The first-order chi connectivity index (χ1) is 12.9. The van der Waals surface area contributed by atoms with Crippen LogP contribution < -0.4 is 5.32 Å². The number of nitro groups is 1. The molecule has 1 aromatic heterocycles. The van der Waals surface area contributed by atoms with Gasteiger partial charge in [-0.25, -0.2) is 0 Å². The number of carbonyl (C=O) groups excluding carboxylic acids is 1. The second-order valence-corrected chi connectivity index (χ2v) is 6.62. The Bertz CT molecular complexity index is 1040. The number of carbonyl (C=O) groups is 1. The van der Waals surface area contributed by atoms with Crippen molar-refractivity contribution in [1.82, 2.24) is 0 Å². The maximum absolute atomic E-state index is 12.1. The Balaban J connectivity index is 1.73. The summed E-state index contributed by atoms with van der Waals surface area (Å²) < 4.78 is 6.59. The first kappa shape index (κ1) is 18.6. The van der Waals surface area contributed by atoms with Gasteiger partial charge in [0.25, 0.3) is 5.69 Å². The van der Waals surface area contributed by atoms with Gasteiger partial charge in [0.1, 0.15) is 11.5 Å². The van der Waals surface area contributed by atoms with E-state index in [0.717, 1.165) is 10.0 Å². The third-order valence-corrected chi connectivity index (χ3v) is 4.71. The van der Waals surface area contributed by atoms with Crippen molar-refractivity contribution in [3.63, 3.8) is 0 Å². The largest absolute Gasteiger partial charge is 0.456 e. The molecule has 0 saturated carbocycles. The molecule has 0 fully saturated rings. The smallest absolute Gasteiger partial charge is 0.280 e. The lowest BCUT2D eigenvalue weighted by Gasteiger charge is -2.04. The van der Waals surface area contributed by atoms with E-state index in [1.165, 1.54) is 18.2 Å². The minimum Gasteiger partial charge on any atom is -0.456 e. The summed E-state index contributed by atoms with van der Waals surface area (Å²) in [6.45, 7) is 1.93. The van der Waals surface area contributed by atoms with Crippen LogP contribution in [0.15, 0.2) is 69.6 Å². The maximum Gasteiger partial charge on any atom is 0.280 e. The molecule has 0 aliphatic rings. The van der Waals surface area contributed by atoms with Gasteiger partial charge >= 0.3 is 0 Å². The average molecular weight is 427 g/mol. The third kappa shape index (κ3) is 4.51. The van der Waals surface area contributed by atoms with E-state index in [1.807, 2.05) is 19.1 Å². The number of nitrogens with one attached hydrogen (secondary N) is 1. The highest BCUT2D eigenvalue weighted by atomic mass is 79.9. The summed E-state index contributed by atoms with van der Waals surface area (Å²) >= 11 is 3.41. The van der Waals surface area contributed by atoms with Crippen LogP contribution >= 0.6 is 15.9 Å². The maximum atomic E-state index is 12.1. The zero-order valence-electron chi connectivity index (χ0n) is 14.3. The van der Waals surface area contributed by atoms with Gasteiger partial charge in [-0.15, -0.1) is 0 Å². The number of anilines is 1. The summed E-state index contributed by atoms with van der Waals surface area (Å²) in [7, 11) is 0. The second-order valence-electron chi connectivity index (χ2n) is 5.76. The third-order valence-electron chi connectivity index (χ3n) is 3.82. The molecular formula is C20H15BrN2O4. The van der Waals surface area contributed by atoms with Crippen LogP contribution in [0.3, 0.4) is 0 Å². The highest BCUT2D eigenvalue weighted by Gasteiger charge is 2.16. The molecular weight excluding hydrogens is 412 g/mol. The van der Waals surface area contributed by atoms with E-state index in [1.54, 1.807) is 36.4 Å². The van der Waals surface area contributed by atoms with Gasteiger partial charge in [-0.2, -0.15) is 0 Å². The van der Waals surface area contributed by atoms with Crippen LogP contribution in [0.5, 0.6) is 0 Å². The molecule has 1 heterocycles. The fourth-order valence-corrected chi connectivity index (χ4v) is 2.74. The van der Waals surface area contributed by atoms with Gasteiger partial charge in [0.2, 0.25) is 5.91 Å². The standard InChI is InChI=1S/C20H15BrN2O4/c1-13-12-14(6-9-17(13)21)22-20(24)11-8-15-7-10-19(27-15)16-4-2-3-5-18(16)23(25)26/h2-12H,1H3,(H,22,24)/b11-8+. The molecule has 3 rings (SSSR count). The molecule has 1 N–H and O–H groups in total. The number of hydrogen-bond acceptors (Lipinski definition) is 4. The zero-order chi connectivity index (χ0) is 19.4. The van der Waals surface area contributed by atoms with E-state index >= 15 is 0 Å². The lowest BCUT2D eigenvalue weighted by molar-refractivity contribution is -0.384. The van der Waals surface area contributed by atoms with Crippen molar-refractivity contribution in [2.45, 2.75) is 6.92 Å². The summed E-state index contributed by atoms with van der Waals surface area (Å²) in [4.78, 5) is 22.7. The van der Waals surface area contributed by atoms with Crippen molar-refractivity contribution in [2.75, 3.05) is 5.32 Å². The number of benzene rings is 2. The van der Waals surface area contributed by atoms with Crippen molar-refractivity contribution < 1.29 is 14.1 Å². The second kappa shape index (κ2) is 8.01. The van der Waals surface area contributed by atoms with E-state index < -0.39 is 4.92 Å². The van der Waals surface area contributed by atoms with E-state index in [-0.39, 0.29) is 11.6 Å². The highest BCUT2D eigenvalue weighted by molar-refractivity contribution is 9.10. The number of para-hydroxylation sites is 1. The van der Waals surface area contributed by atoms with E-state index in [4.69, 9.17) is 4.42 Å². The number of aryl methyl sites for hydroxylation is 1. The minimum absolute atomic E-state index is 0.0364. The van der Waals surface area contributed by atoms with E-state index in [2.05, 4.69) is 21.2 Å². The first-order valence-corrected chi connectivity index (χ1v) is 8.82. The molecule has 7 heteroatoms. The molecule has 0 radical (unpaired) electrons. The number of hydrogen-bond donors (Lipinski definition) is 1.